The van der Waals surface area contributed by atoms with E-state index in [4.69, 9.17) is 0 Å². The molecule has 16 heavy (non-hydrogen) atoms. The number of unbranched alkanes of at least 4 members (excludes halogenated alkanes) is 1. The Bertz CT molecular complexity index is 292. The predicted octanol–water partition coefficient (Wildman–Crippen LogP) is 3.64. The molecule has 1 aromatic heterocycles. The van der Waals surface area contributed by atoms with Crippen LogP contribution in [0.4, 0.5) is 0 Å². The van der Waals surface area contributed by atoms with Crippen molar-refractivity contribution < 1.29 is 0 Å². The molecule has 2 nitrogen and oxygen atoms in total. The van der Waals surface area contributed by atoms with Crippen molar-refractivity contribution in [2.45, 2.75) is 43.2 Å². The predicted molar refractivity (Wildman–Crippen MR) is 74.0 cm³/mol. The first kappa shape index (κ1) is 12.4. The molecule has 0 atom stereocenters. The minimum atomic E-state index is 0.500. The van der Waals surface area contributed by atoms with Gasteiger partial charge in [-0.05, 0) is 12.8 Å². The monoisotopic (exact) mass is 256 g/mol. The molecule has 0 aliphatic carbocycles. The average Bonchev–Trinajstić information content (AvgIpc) is 2.96. The third-order valence-electron chi connectivity index (χ3n) is 3.03. The second kappa shape index (κ2) is 6.01. The summed E-state index contributed by atoms with van der Waals surface area (Å²) in [6.07, 6.45) is 11.2. The summed E-state index contributed by atoms with van der Waals surface area (Å²) in [5.41, 5.74) is 0. The van der Waals surface area contributed by atoms with Crippen molar-refractivity contribution in [3.8, 4) is 0 Å². The van der Waals surface area contributed by atoms with E-state index in [9.17, 15) is 0 Å². The van der Waals surface area contributed by atoms with Crippen LogP contribution in [0.25, 0.3) is 0 Å². The molecule has 90 valence electrons. The average molecular weight is 256 g/mol. The summed E-state index contributed by atoms with van der Waals surface area (Å²) >= 11 is 4.36. The van der Waals surface area contributed by atoms with E-state index in [1.54, 1.807) is 0 Å². The van der Waals surface area contributed by atoms with Crippen LogP contribution in [0, 0.1) is 0 Å². The Balaban J connectivity index is 1.87. The molecule has 0 aromatic carbocycles. The molecular formula is C12H20N2S2. The smallest absolute Gasteiger partial charge is 0.0945 e. The fourth-order valence-electron chi connectivity index (χ4n) is 2.08. The van der Waals surface area contributed by atoms with Crippen LogP contribution in [0.15, 0.2) is 18.7 Å². The molecule has 4 heteroatoms. The molecule has 0 spiro atoms. The molecule has 1 aliphatic heterocycles. The van der Waals surface area contributed by atoms with Crippen molar-refractivity contribution in [3.63, 3.8) is 0 Å². The lowest BCUT2D eigenvalue weighted by Gasteiger charge is -2.27. The maximum Gasteiger partial charge on any atom is 0.0945 e. The zero-order valence-corrected chi connectivity index (χ0v) is 11.5. The molecular weight excluding hydrogens is 236 g/mol. The summed E-state index contributed by atoms with van der Waals surface area (Å²) in [6.45, 7) is 3.40. The van der Waals surface area contributed by atoms with Crippen molar-refractivity contribution in [1.82, 2.24) is 9.55 Å². The van der Waals surface area contributed by atoms with Gasteiger partial charge in [-0.15, -0.1) is 23.5 Å². The van der Waals surface area contributed by atoms with Crippen molar-refractivity contribution >= 4 is 23.5 Å². The number of hydrogen-bond donors (Lipinski definition) is 0. The second-order valence-corrected chi connectivity index (χ2v) is 7.48. The number of nitrogens with zero attached hydrogens (tertiary/aromatic N) is 2. The van der Waals surface area contributed by atoms with E-state index in [2.05, 4.69) is 46.2 Å². The maximum absolute atomic E-state index is 4.10. The number of rotatable bonds is 6. The largest absolute Gasteiger partial charge is 0.337 e. The molecule has 0 saturated carbocycles. The Morgan fingerprint density at radius 2 is 2.12 bits per heavy atom. The van der Waals surface area contributed by atoms with E-state index in [0.29, 0.717) is 4.08 Å². The lowest BCUT2D eigenvalue weighted by atomic mass is 10.1. The Hall–Kier alpha value is -0.0900. The van der Waals surface area contributed by atoms with Gasteiger partial charge in [-0.25, -0.2) is 4.98 Å². The van der Waals surface area contributed by atoms with Gasteiger partial charge in [0.1, 0.15) is 0 Å². The Kier molecular flexibility index (Phi) is 4.65. The number of aryl methyl sites for hydroxylation is 1. The highest BCUT2D eigenvalue weighted by Gasteiger charge is 2.34. The van der Waals surface area contributed by atoms with Gasteiger partial charge in [-0.1, -0.05) is 19.8 Å². The topological polar surface area (TPSA) is 17.8 Å². The molecule has 1 saturated heterocycles. The fraction of sp³-hybridized carbons (Fsp3) is 0.750. The molecule has 0 radical (unpaired) electrons. The maximum atomic E-state index is 4.10. The zero-order valence-electron chi connectivity index (χ0n) is 9.89. The van der Waals surface area contributed by atoms with Gasteiger partial charge in [0, 0.05) is 30.4 Å². The van der Waals surface area contributed by atoms with Crippen molar-refractivity contribution in [2.24, 2.45) is 0 Å². The summed E-state index contributed by atoms with van der Waals surface area (Å²) in [4.78, 5) is 4.10. The van der Waals surface area contributed by atoms with Crippen LogP contribution in [0.2, 0.25) is 0 Å². The molecule has 1 aromatic rings. The van der Waals surface area contributed by atoms with Crippen LogP contribution >= 0.6 is 23.5 Å². The standard InChI is InChI=1S/C12H20N2S2/c1-2-3-4-12(15-9-10-16-12)5-7-14-8-6-13-11-14/h6,8,11H,2-5,7,9-10H2,1H3. The second-order valence-electron chi connectivity index (χ2n) is 4.26. The molecule has 2 rings (SSSR count). The summed E-state index contributed by atoms with van der Waals surface area (Å²) < 4.78 is 2.70. The highest BCUT2D eigenvalue weighted by atomic mass is 32.2. The highest BCUT2D eigenvalue weighted by Crippen LogP contribution is 2.49. The van der Waals surface area contributed by atoms with E-state index in [1.807, 2.05) is 12.5 Å². The van der Waals surface area contributed by atoms with Gasteiger partial charge in [0.15, 0.2) is 0 Å². The quantitative estimate of drug-likeness (QED) is 0.774. The van der Waals surface area contributed by atoms with Crippen LogP contribution in [-0.4, -0.2) is 25.1 Å². The lowest BCUT2D eigenvalue weighted by Crippen LogP contribution is -2.19. The normalized spacial score (nSPS) is 19.1. The first-order valence-corrected chi connectivity index (χ1v) is 8.05. The molecule has 0 amide bonds. The third-order valence-corrected chi connectivity index (χ3v) is 6.69. The van der Waals surface area contributed by atoms with Crippen molar-refractivity contribution in [3.05, 3.63) is 18.7 Å². The van der Waals surface area contributed by atoms with E-state index in [-0.39, 0.29) is 0 Å². The van der Waals surface area contributed by atoms with Crippen molar-refractivity contribution in [2.75, 3.05) is 11.5 Å². The number of aromatic nitrogens is 2. The van der Waals surface area contributed by atoms with Crippen LogP contribution < -0.4 is 0 Å². The van der Waals surface area contributed by atoms with Gasteiger partial charge in [0.05, 0.1) is 10.4 Å². The van der Waals surface area contributed by atoms with Crippen LogP contribution in [0.3, 0.4) is 0 Å². The van der Waals surface area contributed by atoms with Gasteiger partial charge in [-0.2, -0.15) is 0 Å². The van der Waals surface area contributed by atoms with Crippen LogP contribution in [0.1, 0.15) is 32.6 Å². The molecule has 0 N–H and O–H groups in total. The molecule has 2 heterocycles. The van der Waals surface area contributed by atoms with E-state index >= 15 is 0 Å². The summed E-state index contributed by atoms with van der Waals surface area (Å²) in [5, 5.41) is 0. The zero-order chi connectivity index (χ0) is 11.3. The minimum Gasteiger partial charge on any atom is -0.337 e. The molecule has 0 bridgehead atoms. The molecule has 0 unspecified atom stereocenters. The van der Waals surface area contributed by atoms with Gasteiger partial charge in [0.2, 0.25) is 0 Å². The van der Waals surface area contributed by atoms with Crippen LogP contribution in [-0.2, 0) is 6.54 Å². The Labute approximate surface area is 107 Å². The molecule has 1 fully saturated rings. The Morgan fingerprint density at radius 1 is 1.31 bits per heavy atom. The summed E-state index contributed by atoms with van der Waals surface area (Å²) in [5.74, 6) is 2.66. The van der Waals surface area contributed by atoms with E-state index < -0.39 is 0 Å². The number of thioether (sulfide) groups is 2. The highest BCUT2D eigenvalue weighted by molar-refractivity contribution is 8.21. The lowest BCUT2D eigenvalue weighted by molar-refractivity contribution is 0.556. The minimum absolute atomic E-state index is 0.500. The number of imidazole rings is 1. The number of hydrogen-bond acceptors (Lipinski definition) is 3. The van der Waals surface area contributed by atoms with Crippen LogP contribution in [0.5, 0.6) is 0 Å². The van der Waals surface area contributed by atoms with Gasteiger partial charge in [0.25, 0.3) is 0 Å². The SMILES string of the molecule is CCCCC1(CCn2ccnc2)SCCS1. The fourth-order valence-corrected chi connectivity index (χ4v) is 5.37. The molecule has 1 aliphatic rings. The third kappa shape index (κ3) is 3.20. The van der Waals surface area contributed by atoms with E-state index in [1.165, 1.54) is 37.2 Å². The first-order chi connectivity index (χ1) is 7.85. The van der Waals surface area contributed by atoms with Crippen molar-refractivity contribution in [1.29, 1.82) is 0 Å². The van der Waals surface area contributed by atoms with E-state index in [0.717, 1.165) is 6.54 Å². The summed E-state index contributed by atoms with van der Waals surface area (Å²) in [7, 11) is 0. The van der Waals surface area contributed by atoms with Gasteiger partial charge in [-0.3, -0.25) is 0 Å². The first-order valence-electron chi connectivity index (χ1n) is 6.08. The van der Waals surface area contributed by atoms with Gasteiger partial charge >= 0.3 is 0 Å². The summed E-state index contributed by atoms with van der Waals surface area (Å²) in [6, 6.07) is 0. The van der Waals surface area contributed by atoms with Gasteiger partial charge < -0.3 is 4.57 Å². The Morgan fingerprint density at radius 3 is 2.75 bits per heavy atom.